The molecule has 0 unspecified atom stereocenters. The zero-order valence-electron chi connectivity index (χ0n) is 22.1. The van der Waals surface area contributed by atoms with Crippen LogP contribution in [0.25, 0.3) is 5.69 Å². The Bertz CT molecular complexity index is 981. The highest BCUT2D eigenvalue weighted by molar-refractivity contribution is 5.95. The number of amides is 2. The van der Waals surface area contributed by atoms with E-state index in [1.165, 1.54) is 5.56 Å². The number of nitrogens with zero attached hydrogens (tertiary/aromatic N) is 4. The third-order valence-corrected chi connectivity index (χ3v) is 6.47. The van der Waals surface area contributed by atoms with Gasteiger partial charge in [0.25, 0.3) is 5.91 Å². The van der Waals surface area contributed by atoms with Crippen LogP contribution in [0.1, 0.15) is 75.0 Å². The van der Waals surface area contributed by atoms with Crippen LogP contribution >= 0.6 is 0 Å². The highest BCUT2D eigenvalue weighted by Crippen LogP contribution is 2.32. The van der Waals surface area contributed by atoms with E-state index in [2.05, 4.69) is 48.2 Å². The third-order valence-electron chi connectivity index (χ3n) is 6.47. The second kappa shape index (κ2) is 11.7. The second-order valence-corrected chi connectivity index (χ2v) is 10.2. The molecule has 1 aromatic carbocycles. The molecule has 1 aromatic heterocycles. The van der Waals surface area contributed by atoms with Crippen LogP contribution in [0.5, 0.6) is 0 Å². The Morgan fingerprint density at radius 1 is 1.11 bits per heavy atom. The van der Waals surface area contributed by atoms with Crippen molar-refractivity contribution in [2.45, 2.75) is 65.9 Å². The van der Waals surface area contributed by atoms with Gasteiger partial charge in [-0.2, -0.15) is 5.10 Å². The summed E-state index contributed by atoms with van der Waals surface area (Å²) >= 11 is 0. The molecule has 2 aromatic rings. The number of likely N-dealkylation sites (N-methyl/N-ethyl adjacent to an activating group) is 1. The van der Waals surface area contributed by atoms with Crippen molar-refractivity contribution < 1.29 is 14.3 Å². The fourth-order valence-electron chi connectivity index (χ4n) is 4.44. The van der Waals surface area contributed by atoms with E-state index in [9.17, 15) is 9.59 Å². The summed E-state index contributed by atoms with van der Waals surface area (Å²) in [4.78, 5) is 29.8. The largest absolute Gasteiger partial charge is 0.444 e. The van der Waals surface area contributed by atoms with Gasteiger partial charge in [-0.15, -0.1) is 0 Å². The number of hydrogen-bond acceptors (Lipinski definition) is 5. The molecule has 1 saturated heterocycles. The van der Waals surface area contributed by atoms with Crippen molar-refractivity contribution >= 4 is 12.0 Å². The van der Waals surface area contributed by atoms with E-state index in [4.69, 9.17) is 4.74 Å². The van der Waals surface area contributed by atoms with Gasteiger partial charge in [-0.25, -0.2) is 9.48 Å². The summed E-state index contributed by atoms with van der Waals surface area (Å²) in [5, 5.41) is 7.72. The lowest BCUT2D eigenvalue weighted by atomic mass is 9.91. The molecule has 1 fully saturated rings. The predicted molar refractivity (Wildman–Crippen MR) is 138 cm³/mol. The number of hydrogen-bond donors (Lipinski definition) is 1. The van der Waals surface area contributed by atoms with Gasteiger partial charge in [-0.1, -0.05) is 31.5 Å². The molecule has 1 N–H and O–H groups in total. The van der Waals surface area contributed by atoms with Crippen molar-refractivity contribution in [3.8, 4) is 5.69 Å². The number of piperidine rings is 1. The standard InChI is InChI=1S/C27H41N5O3/c1-7-30(8-2)18-15-28-25(33)23-19-29-32(22-11-9-20(3)10-12-22)24(23)21-13-16-31(17-14-21)26(34)35-27(4,5)6/h9-12,19,21H,7-8,13-18H2,1-6H3,(H,28,33). The Morgan fingerprint density at radius 2 is 1.74 bits per heavy atom. The molecule has 0 aliphatic carbocycles. The molecule has 0 spiro atoms. The van der Waals surface area contributed by atoms with Gasteiger partial charge in [0.1, 0.15) is 5.60 Å². The zero-order chi connectivity index (χ0) is 25.6. The minimum atomic E-state index is -0.519. The quantitative estimate of drug-likeness (QED) is 0.603. The molecule has 35 heavy (non-hydrogen) atoms. The lowest BCUT2D eigenvalue weighted by Crippen LogP contribution is -2.41. The lowest BCUT2D eigenvalue weighted by molar-refractivity contribution is 0.0203. The van der Waals surface area contributed by atoms with Crippen molar-refractivity contribution in [2.24, 2.45) is 0 Å². The van der Waals surface area contributed by atoms with Crippen LogP contribution in [0.4, 0.5) is 4.79 Å². The van der Waals surface area contributed by atoms with E-state index >= 15 is 0 Å². The number of likely N-dealkylation sites (tertiary alicyclic amines) is 1. The maximum Gasteiger partial charge on any atom is 0.410 e. The fourth-order valence-corrected chi connectivity index (χ4v) is 4.44. The molecule has 3 rings (SSSR count). The van der Waals surface area contributed by atoms with Gasteiger partial charge >= 0.3 is 6.09 Å². The van der Waals surface area contributed by atoms with E-state index in [-0.39, 0.29) is 17.9 Å². The molecule has 0 radical (unpaired) electrons. The Hall–Kier alpha value is -2.87. The molecule has 192 valence electrons. The maximum atomic E-state index is 13.2. The van der Waals surface area contributed by atoms with Gasteiger partial charge in [0, 0.05) is 32.1 Å². The average molecular weight is 484 g/mol. The van der Waals surface area contributed by atoms with Crippen molar-refractivity contribution in [3.63, 3.8) is 0 Å². The van der Waals surface area contributed by atoms with E-state index < -0.39 is 5.60 Å². The molecule has 8 nitrogen and oxygen atoms in total. The van der Waals surface area contributed by atoms with Gasteiger partial charge < -0.3 is 19.9 Å². The Labute approximate surface area is 209 Å². The average Bonchev–Trinajstić information content (AvgIpc) is 3.26. The number of aromatic nitrogens is 2. The molecule has 0 bridgehead atoms. The minimum Gasteiger partial charge on any atom is -0.444 e. The van der Waals surface area contributed by atoms with Crippen LogP contribution in [0, 0.1) is 6.92 Å². The summed E-state index contributed by atoms with van der Waals surface area (Å²) in [5.74, 6) is 0.0149. The molecule has 1 aliphatic rings. The number of rotatable bonds is 8. The van der Waals surface area contributed by atoms with Crippen LogP contribution in [0.15, 0.2) is 30.5 Å². The number of nitrogens with one attached hydrogen (secondary N) is 1. The number of carbonyl (C=O) groups excluding carboxylic acids is 2. The molecule has 2 amide bonds. The molecular formula is C27H41N5O3. The summed E-state index contributed by atoms with van der Waals surface area (Å²) in [6.07, 6.45) is 2.90. The number of benzene rings is 1. The number of ether oxygens (including phenoxy) is 1. The third kappa shape index (κ3) is 7.07. The second-order valence-electron chi connectivity index (χ2n) is 10.2. The fraction of sp³-hybridized carbons (Fsp3) is 0.593. The van der Waals surface area contributed by atoms with Gasteiger partial charge in [0.2, 0.25) is 0 Å². The molecule has 1 aliphatic heterocycles. The van der Waals surface area contributed by atoms with Crippen LogP contribution in [-0.2, 0) is 4.74 Å². The highest BCUT2D eigenvalue weighted by Gasteiger charge is 2.32. The first-order valence-electron chi connectivity index (χ1n) is 12.8. The Morgan fingerprint density at radius 3 is 2.31 bits per heavy atom. The van der Waals surface area contributed by atoms with Gasteiger partial charge in [-0.3, -0.25) is 4.79 Å². The Balaban J connectivity index is 1.80. The monoisotopic (exact) mass is 483 g/mol. The topological polar surface area (TPSA) is 79.7 Å². The van der Waals surface area contributed by atoms with Gasteiger partial charge in [0.15, 0.2) is 0 Å². The summed E-state index contributed by atoms with van der Waals surface area (Å²) in [7, 11) is 0. The maximum absolute atomic E-state index is 13.2. The first-order chi connectivity index (χ1) is 16.6. The predicted octanol–water partition coefficient (Wildman–Crippen LogP) is 4.37. The smallest absolute Gasteiger partial charge is 0.410 e. The molecule has 8 heteroatoms. The van der Waals surface area contributed by atoms with E-state index in [0.29, 0.717) is 25.2 Å². The summed E-state index contributed by atoms with van der Waals surface area (Å²) in [6.45, 7) is 16.4. The van der Waals surface area contributed by atoms with E-state index in [1.54, 1.807) is 11.1 Å². The summed E-state index contributed by atoms with van der Waals surface area (Å²) in [5.41, 5.74) is 3.11. The lowest BCUT2D eigenvalue weighted by Gasteiger charge is -2.34. The normalized spacial score (nSPS) is 14.9. The minimum absolute atomic E-state index is 0.0971. The highest BCUT2D eigenvalue weighted by atomic mass is 16.6. The molecule has 0 saturated carbocycles. The molecular weight excluding hydrogens is 442 g/mol. The van der Waals surface area contributed by atoms with Crippen LogP contribution in [0.2, 0.25) is 0 Å². The van der Waals surface area contributed by atoms with Gasteiger partial charge in [0.05, 0.1) is 23.1 Å². The molecule has 2 heterocycles. The first-order valence-corrected chi connectivity index (χ1v) is 12.8. The van der Waals surface area contributed by atoms with Crippen LogP contribution in [-0.4, -0.2) is 76.5 Å². The van der Waals surface area contributed by atoms with Crippen LogP contribution in [0.3, 0.4) is 0 Å². The SMILES string of the molecule is CCN(CC)CCNC(=O)c1cnn(-c2ccc(C)cc2)c1C1CCN(C(=O)OC(C)(C)C)CC1. The van der Waals surface area contributed by atoms with Gasteiger partial charge in [-0.05, 0) is 65.8 Å². The van der Waals surface area contributed by atoms with Crippen molar-refractivity contribution in [1.29, 1.82) is 0 Å². The number of aryl methyl sites for hydroxylation is 1. The van der Waals surface area contributed by atoms with E-state index in [0.717, 1.165) is 43.9 Å². The van der Waals surface area contributed by atoms with Crippen molar-refractivity contribution in [2.75, 3.05) is 39.3 Å². The van der Waals surface area contributed by atoms with E-state index in [1.807, 2.05) is 37.6 Å². The number of carbonyl (C=O) groups is 2. The zero-order valence-corrected chi connectivity index (χ0v) is 22.1. The van der Waals surface area contributed by atoms with Crippen molar-refractivity contribution in [1.82, 2.24) is 24.9 Å². The molecule has 0 atom stereocenters. The summed E-state index contributed by atoms with van der Waals surface area (Å²) < 4.78 is 7.45. The summed E-state index contributed by atoms with van der Waals surface area (Å²) in [6, 6.07) is 8.17. The van der Waals surface area contributed by atoms with Crippen LogP contribution < -0.4 is 5.32 Å². The van der Waals surface area contributed by atoms with Crippen molar-refractivity contribution in [3.05, 3.63) is 47.3 Å². The Kier molecular flexibility index (Phi) is 8.94. The first kappa shape index (κ1) is 26.7.